The predicted octanol–water partition coefficient (Wildman–Crippen LogP) is 3.30. The second-order valence-electron chi connectivity index (χ2n) is 7.58. The van der Waals surface area contributed by atoms with Gasteiger partial charge in [0.1, 0.15) is 32.8 Å². The van der Waals surface area contributed by atoms with E-state index in [0.29, 0.717) is 35.5 Å². The van der Waals surface area contributed by atoms with Gasteiger partial charge in [0.05, 0.1) is 13.2 Å². The summed E-state index contributed by atoms with van der Waals surface area (Å²) < 4.78 is 85.0. The number of allylic oxidation sites excluding steroid dienone is 2. The van der Waals surface area contributed by atoms with Crippen LogP contribution >= 0.6 is 0 Å². The van der Waals surface area contributed by atoms with E-state index in [-0.39, 0.29) is 58.5 Å². The Labute approximate surface area is 191 Å². The van der Waals surface area contributed by atoms with Crippen molar-refractivity contribution in [2.45, 2.75) is 35.5 Å². The SMILES string of the molecule is C=CCc1cc(Oc2cc(CC=C)c(S(=O)(=O)O)c3c2CCO3)c2c(c1S(=O)(=O)O)OCC2. The quantitative estimate of drug-likeness (QED) is 0.418. The summed E-state index contributed by atoms with van der Waals surface area (Å²) in [6.07, 6.45) is 3.94. The van der Waals surface area contributed by atoms with Gasteiger partial charge < -0.3 is 14.2 Å². The first-order valence-electron chi connectivity index (χ1n) is 10.0. The molecule has 9 nitrogen and oxygen atoms in total. The standard InChI is InChI=1S/C22H22O9S2/c1-3-5-13-11-17(15-7-9-29-19(15)21(13)32(23,24)25)31-18-12-14(6-4-2)22(33(26,27)28)20-16(18)8-10-30-20/h3-4,11-12H,1-2,5-10H2,(H,23,24,25)(H,26,27,28). The Morgan fingerprint density at radius 3 is 1.55 bits per heavy atom. The highest BCUT2D eigenvalue weighted by molar-refractivity contribution is 7.86. The maximum absolute atomic E-state index is 12.1. The number of ether oxygens (including phenoxy) is 3. The highest BCUT2D eigenvalue weighted by Crippen LogP contribution is 2.47. The third-order valence-electron chi connectivity index (χ3n) is 5.41. The van der Waals surface area contributed by atoms with Gasteiger partial charge in [0.2, 0.25) is 0 Å². The average molecular weight is 495 g/mol. The van der Waals surface area contributed by atoms with E-state index >= 15 is 0 Å². The summed E-state index contributed by atoms with van der Waals surface area (Å²) in [4.78, 5) is -0.630. The molecule has 0 radical (unpaired) electrons. The number of fused-ring (bicyclic) bond motifs is 2. The third-order valence-corrected chi connectivity index (χ3v) is 7.34. The van der Waals surface area contributed by atoms with E-state index in [4.69, 9.17) is 14.2 Å². The first-order valence-corrected chi connectivity index (χ1v) is 12.9. The maximum Gasteiger partial charge on any atom is 0.298 e. The normalized spacial score (nSPS) is 14.7. The molecule has 2 N–H and O–H groups in total. The van der Waals surface area contributed by atoms with Gasteiger partial charge in [-0.15, -0.1) is 13.2 Å². The van der Waals surface area contributed by atoms with Crippen molar-refractivity contribution in [1.29, 1.82) is 0 Å². The Morgan fingerprint density at radius 2 is 1.21 bits per heavy atom. The van der Waals surface area contributed by atoms with Gasteiger partial charge in [0, 0.05) is 24.0 Å². The first-order chi connectivity index (χ1) is 15.6. The minimum absolute atomic E-state index is 0.0283. The summed E-state index contributed by atoms with van der Waals surface area (Å²) in [6.45, 7) is 7.68. The lowest BCUT2D eigenvalue weighted by atomic mass is 10.0. The summed E-state index contributed by atoms with van der Waals surface area (Å²) in [5.74, 6) is 0.677. The Bertz CT molecular complexity index is 1270. The summed E-state index contributed by atoms with van der Waals surface area (Å²) in [5.41, 5.74) is 1.42. The lowest BCUT2D eigenvalue weighted by molar-refractivity contribution is 0.345. The molecule has 0 spiro atoms. The van der Waals surface area contributed by atoms with Crippen molar-refractivity contribution in [3.05, 3.63) is 59.7 Å². The van der Waals surface area contributed by atoms with Crippen LogP contribution in [0, 0.1) is 0 Å². The summed E-state index contributed by atoms with van der Waals surface area (Å²) in [5, 5.41) is 0. The zero-order valence-electron chi connectivity index (χ0n) is 17.5. The molecule has 2 heterocycles. The molecule has 4 rings (SSSR count). The van der Waals surface area contributed by atoms with Gasteiger partial charge in [0.15, 0.2) is 0 Å². The van der Waals surface area contributed by atoms with E-state index in [1.54, 1.807) is 0 Å². The zero-order chi connectivity index (χ0) is 24.0. The second kappa shape index (κ2) is 8.49. The molecule has 176 valence electrons. The molecule has 0 aliphatic carbocycles. The molecule has 0 fully saturated rings. The van der Waals surface area contributed by atoms with Crippen LogP contribution in [0.3, 0.4) is 0 Å². The monoisotopic (exact) mass is 494 g/mol. The largest absolute Gasteiger partial charge is 0.491 e. The Hall–Kier alpha value is -2.86. The third kappa shape index (κ3) is 4.24. The van der Waals surface area contributed by atoms with Crippen molar-refractivity contribution < 1.29 is 40.2 Å². The average Bonchev–Trinajstić information content (AvgIpc) is 3.36. The van der Waals surface area contributed by atoms with Crippen molar-refractivity contribution in [2.24, 2.45) is 0 Å². The van der Waals surface area contributed by atoms with Crippen LogP contribution in [-0.4, -0.2) is 39.2 Å². The Morgan fingerprint density at radius 1 is 0.818 bits per heavy atom. The van der Waals surface area contributed by atoms with Crippen LogP contribution in [0.2, 0.25) is 0 Å². The molecule has 0 atom stereocenters. The van der Waals surface area contributed by atoms with Crippen molar-refractivity contribution in [3.8, 4) is 23.0 Å². The Balaban J connectivity index is 1.92. The van der Waals surface area contributed by atoms with Gasteiger partial charge in [-0.1, -0.05) is 12.2 Å². The minimum atomic E-state index is -4.57. The summed E-state index contributed by atoms with van der Waals surface area (Å²) in [6, 6.07) is 3.01. The Kier molecular flexibility index (Phi) is 5.99. The van der Waals surface area contributed by atoms with Crippen LogP contribution in [0.1, 0.15) is 22.3 Å². The number of benzene rings is 2. The van der Waals surface area contributed by atoms with Crippen molar-refractivity contribution in [3.63, 3.8) is 0 Å². The molecule has 11 heteroatoms. The fourth-order valence-electron chi connectivity index (χ4n) is 4.18. The van der Waals surface area contributed by atoms with Gasteiger partial charge >= 0.3 is 0 Å². The molecule has 0 saturated heterocycles. The molecule has 0 amide bonds. The van der Waals surface area contributed by atoms with E-state index < -0.39 is 20.2 Å². The van der Waals surface area contributed by atoms with Crippen molar-refractivity contribution >= 4 is 20.2 Å². The van der Waals surface area contributed by atoms with Gasteiger partial charge in [-0.05, 0) is 36.1 Å². The molecule has 2 aliphatic rings. The van der Waals surface area contributed by atoms with Crippen LogP contribution in [0.5, 0.6) is 23.0 Å². The first kappa shape index (κ1) is 23.3. The minimum Gasteiger partial charge on any atom is -0.491 e. The van der Waals surface area contributed by atoms with Crippen LogP contribution in [0.25, 0.3) is 0 Å². The van der Waals surface area contributed by atoms with E-state index in [9.17, 15) is 25.9 Å². The van der Waals surface area contributed by atoms with E-state index in [2.05, 4.69) is 13.2 Å². The fourth-order valence-corrected chi connectivity index (χ4v) is 5.96. The molecule has 2 aromatic carbocycles. The topological polar surface area (TPSA) is 136 Å². The van der Waals surface area contributed by atoms with Gasteiger partial charge in [-0.3, -0.25) is 9.11 Å². The van der Waals surface area contributed by atoms with Gasteiger partial charge in [0.25, 0.3) is 20.2 Å². The van der Waals surface area contributed by atoms with E-state index in [1.807, 2.05) is 0 Å². The smallest absolute Gasteiger partial charge is 0.298 e. The molecule has 2 aromatic rings. The highest BCUT2D eigenvalue weighted by Gasteiger charge is 2.33. The lowest BCUT2D eigenvalue weighted by Crippen LogP contribution is -2.08. The maximum atomic E-state index is 12.1. The number of hydrogen-bond acceptors (Lipinski definition) is 7. The number of hydrogen-bond donors (Lipinski definition) is 2. The molecule has 0 aromatic heterocycles. The van der Waals surface area contributed by atoms with Crippen LogP contribution in [0.4, 0.5) is 0 Å². The van der Waals surface area contributed by atoms with E-state index in [0.717, 1.165) is 0 Å². The summed E-state index contributed by atoms with van der Waals surface area (Å²) >= 11 is 0. The molecular weight excluding hydrogens is 472 g/mol. The highest BCUT2D eigenvalue weighted by atomic mass is 32.2. The fraction of sp³-hybridized carbons (Fsp3) is 0.273. The number of rotatable bonds is 8. The second-order valence-corrected chi connectivity index (χ2v) is 10.3. The molecule has 0 unspecified atom stereocenters. The molecule has 33 heavy (non-hydrogen) atoms. The lowest BCUT2D eigenvalue weighted by Gasteiger charge is -2.18. The van der Waals surface area contributed by atoms with Crippen LogP contribution in [0.15, 0.2) is 47.2 Å². The van der Waals surface area contributed by atoms with Crippen LogP contribution in [-0.2, 0) is 45.9 Å². The predicted molar refractivity (Wildman–Crippen MR) is 119 cm³/mol. The van der Waals surface area contributed by atoms with Gasteiger partial charge in [-0.25, -0.2) is 0 Å². The van der Waals surface area contributed by atoms with Crippen LogP contribution < -0.4 is 14.2 Å². The molecule has 0 bridgehead atoms. The van der Waals surface area contributed by atoms with Gasteiger partial charge in [-0.2, -0.15) is 16.8 Å². The molecule has 2 aliphatic heterocycles. The molecule has 0 saturated carbocycles. The molecular formula is C22H22O9S2. The summed E-state index contributed by atoms with van der Waals surface area (Å²) in [7, 11) is -9.14. The van der Waals surface area contributed by atoms with Crippen molar-refractivity contribution in [2.75, 3.05) is 13.2 Å². The zero-order valence-corrected chi connectivity index (χ0v) is 19.2. The van der Waals surface area contributed by atoms with E-state index in [1.165, 1.54) is 24.3 Å². The van der Waals surface area contributed by atoms with Crippen molar-refractivity contribution in [1.82, 2.24) is 0 Å².